The Balaban J connectivity index is 1.43. The van der Waals surface area contributed by atoms with Crippen LogP contribution in [0.5, 0.6) is 0 Å². The summed E-state index contributed by atoms with van der Waals surface area (Å²) >= 11 is 0. The quantitative estimate of drug-likeness (QED) is 0.206. The molecular formula is C35H40F2O. The van der Waals surface area contributed by atoms with Gasteiger partial charge in [-0.1, -0.05) is 137 Å². The summed E-state index contributed by atoms with van der Waals surface area (Å²) in [5.74, 6) is -0.733. The van der Waals surface area contributed by atoms with Gasteiger partial charge in [0.05, 0.1) is 0 Å². The van der Waals surface area contributed by atoms with Crippen LogP contribution in [0.15, 0.2) is 96.8 Å². The Bertz CT molecular complexity index is 1190. The molecule has 0 aliphatic heterocycles. The van der Waals surface area contributed by atoms with E-state index in [1.54, 1.807) is 12.2 Å². The number of allylic oxidation sites excluding steroid dienone is 2. The van der Waals surface area contributed by atoms with Crippen molar-refractivity contribution in [1.82, 2.24) is 0 Å². The average Bonchev–Trinajstić information content (AvgIpc) is 2.96. The van der Waals surface area contributed by atoms with E-state index in [-0.39, 0.29) is 0 Å². The highest BCUT2D eigenvalue weighted by Crippen LogP contribution is 2.41. The van der Waals surface area contributed by atoms with Gasteiger partial charge in [-0.15, -0.1) is 0 Å². The fourth-order valence-electron chi connectivity index (χ4n) is 5.24. The van der Waals surface area contributed by atoms with Gasteiger partial charge in [-0.25, -0.2) is 8.78 Å². The number of unbranched alkanes of at least 4 members (excludes halogenated alkanes) is 5. The zero-order valence-corrected chi connectivity index (χ0v) is 22.8. The van der Waals surface area contributed by atoms with Crippen LogP contribution in [0.4, 0.5) is 8.78 Å². The Morgan fingerprint density at radius 3 is 1.76 bits per heavy atom. The van der Waals surface area contributed by atoms with Crippen molar-refractivity contribution in [2.24, 2.45) is 0 Å². The summed E-state index contributed by atoms with van der Waals surface area (Å²) in [7, 11) is 0. The SMILES string of the molecule is CCCCCCCCOC1(CCC)C=CC(c2ccc(-c3ccc(-c4ccccc4)cc3)cc2)=C(F)C1F. The second kappa shape index (κ2) is 13.7. The van der Waals surface area contributed by atoms with Crippen LogP contribution < -0.4 is 0 Å². The topological polar surface area (TPSA) is 9.23 Å². The first-order valence-corrected chi connectivity index (χ1v) is 14.2. The number of benzene rings is 3. The van der Waals surface area contributed by atoms with Crippen molar-refractivity contribution in [3.8, 4) is 22.3 Å². The zero-order valence-electron chi connectivity index (χ0n) is 22.8. The summed E-state index contributed by atoms with van der Waals surface area (Å²) in [4.78, 5) is 0. The van der Waals surface area contributed by atoms with Crippen LogP contribution in [-0.2, 0) is 4.74 Å². The molecule has 0 radical (unpaired) electrons. The molecule has 3 aromatic rings. The molecule has 3 heteroatoms. The fraction of sp³-hybridized carbons (Fsp3) is 0.371. The minimum absolute atomic E-state index is 0.304. The van der Waals surface area contributed by atoms with Crippen LogP contribution in [-0.4, -0.2) is 18.4 Å². The first-order chi connectivity index (χ1) is 18.6. The van der Waals surface area contributed by atoms with Gasteiger partial charge in [-0.2, -0.15) is 0 Å². The molecule has 0 aromatic heterocycles. The molecule has 4 rings (SSSR count). The van der Waals surface area contributed by atoms with Gasteiger partial charge in [-0.05, 0) is 46.7 Å². The lowest BCUT2D eigenvalue weighted by molar-refractivity contribution is -0.0642. The van der Waals surface area contributed by atoms with Crippen molar-refractivity contribution >= 4 is 5.57 Å². The van der Waals surface area contributed by atoms with Gasteiger partial charge in [0.25, 0.3) is 0 Å². The van der Waals surface area contributed by atoms with Gasteiger partial charge in [-0.3, -0.25) is 0 Å². The van der Waals surface area contributed by atoms with Crippen molar-refractivity contribution in [1.29, 1.82) is 0 Å². The van der Waals surface area contributed by atoms with Crippen LogP contribution in [0.3, 0.4) is 0 Å². The average molecular weight is 515 g/mol. The highest BCUT2D eigenvalue weighted by Gasteiger charge is 2.43. The normalized spacial score (nSPS) is 19.2. The number of halogens is 2. The zero-order chi connectivity index (χ0) is 26.8. The van der Waals surface area contributed by atoms with Crippen LogP contribution in [0.25, 0.3) is 27.8 Å². The Kier molecular flexibility index (Phi) is 10.1. The van der Waals surface area contributed by atoms with E-state index in [0.717, 1.165) is 36.0 Å². The monoisotopic (exact) mass is 514 g/mol. The lowest BCUT2D eigenvalue weighted by Crippen LogP contribution is -2.43. The molecule has 200 valence electrons. The minimum atomic E-state index is -1.80. The van der Waals surface area contributed by atoms with E-state index >= 15 is 8.78 Å². The summed E-state index contributed by atoms with van der Waals surface area (Å²) in [6.07, 6.45) is 9.64. The van der Waals surface area contributed by atoms with Crippen molar-refractivity contribution in [2.75, 3.05) is 6.61 Å². The van der Waals surface area contributed by atoms with E-state index in [9.17, 15) is 0 Å². The maximum absolute atomic E-state index is 15.6. The maximum atomic E-state index is 15.6. The van der Waals surface area contributed by atoms with Gasteiger partial charge >= 0.3 is 0 Å². The first-order valence-electron chi connectivity index (χ1n) is 14.2. The molecule has 0 spiro atoms. The summed E-state index contributed by atoms with van der Waals surface area (Å²) < 4.78 is 37.1. The van der Waals surface area contributed by atoms with Crippen LogP contribution in [0, 0.1) is 0 Å². The molecule has 1 aliphatic carbocycles. The van der Waals surface area contributed by atoms with E-state index in [4.69, 9.17) is 4.74 Å². The molecule has 1 nitrogen and oxygen atoms in total. The molecule has 2 unspecified atom stereocenters. The third-order valence-corrected chi connectivity index (χ3v) is 7.47. The molecule has 2 atom stereocenters. The molecule has 0 amide bonds. The number of alkyl halides is 1. The number of hydrogen-bond acceptors (Lipinski definition) is 1. The molecular weight excluding hydrogens is 474 g/mol. The molecule has 0 heterocycles. The predicted molar refractivity (Wildman–Crippen MR) is 156 cm³/mol. The smallest absolute Gasteiger partial charge is 0.184 e. The van der Waals surface area contributed by atoms with Crippen molar-refractivity contribution in [3.05, 3.63) is 102 Å². The van der Waals surface area contributed by atoms with Crippen LogP contribution >= 0.6 is 0 Å². The number of hydrogen-bond donors (Lipinski definition) is 0. The lowest BCUT2D eigenvalue weighted by atomic mass is 9.83. The van der Waals surface area contributed by atoms with Gasteiger partial charge in [0.1, 0.15) is 11.4 Å². The van der Waals surface area contributed by atoms with Gasteiger partial charge in [0.2, 0.25) is 0 Å². The Labute approximate surface area is 227 Å². The van der Waals surface area contributed by atoms with Crippen molar-refractivity contribution in [3.63, 3.8) is 0 Å². The summed E-state index contributed by atoms with van der Waals surface area (Å²) in [5, 5.41) is 0. The Hall–Kier alpha value is -3.04. The van der Waals surface area contributed by atoms with Crippen molar-refractivity contribution in [2.45, 2.75) is 77.0 Å². The summed E-state index contributed by atoms with van der Waals surface area (Å²) in [5.41, 5.74) is 4.22. The third-order valence-electron chi connectivity index (χ3n) is 7.47. The van der Waals surface area contributed by atoms with Crippen LogP contribution in [0.2, 0.25) is 0 Å². The van der Waals surface area contributed by atoms with Gasteiger partial charge in [0.15, 0.2) is 6.17 Å². The molecule has 38 heavy (non-hydrogen) atoms. The molecule has 0 N–H and O–H groups in total. The van der Waals surface area contributed by atoms with E-state index in [0.29, 0.717) is 24.2 Å². The third kappa shape index (κ3) is 6.69. The second-order valence-corrected chi connectivity index (χ2v) is 10.3. The largest absolute Gasteiger partial charge is 0.367 e. The number of ether oxygens (including phenoxy) is 1. The number of rotatable bonds is 13. The van der Waals surface area contributed by atoms with Gasteiger partial charge in [0, 0.05) is 12.2 Å². The molecule has 0 saturated heterocycles. The second-order valence-electron chi connectivity index (χ2n) is 10.3. The van der Waals surface area contributed by atoms with Crippen molar-refractivity contribution < 1.29 is 13.5 Å². The molecule has 1 aliphatic rings. The Morgan fingerprint density at radius 2 is 1.18 bits per heavy atom. The highest BCUT2D eigenvalue weighted by atomic mass is 19.2. The van der Waals surface area contributed by atoms with Gasteiger partial charge < -0.3 is 4.74 Å². The van der Waals surface area contributed by atoms with E-state index < -0.39 is 17.6 Å². The standard InChI is InChI=1S/C35H40F2O/c1-3-5-6-7-8-12-26-38-35(24-4-2)25-23-32(33(36)34(35)37)31-21-19-30(20-22-31)29-17-15-28(16-18-29)27-13-10-9-11-14-27/h9-11,13-23,25,34H,3-8,12,24,26H2,1-2H3. The fourth-order valence-corrected chi connectivity index (χ4v) is 5.24. The highest BCUT2D eigenvalue weighted by molar-refractivity contribution is 5.80. The van der Waals surface area contributed by atoms with E-state index in [1.807, 2.05) is 49.4 Å². The minimum Gasteiger partial charge on any atom is -0.367 e. The molecule has 0 bridgehead atoms. The van der Waals surface area contributed by atoms with E-state index in [1.165, 1.54) is 31.2 Å². The maximum Gasteiger partial charge on any atom is 0.184 e. The Morgan fingerprint density at radius 1 is 0.658 bits per heavy atom. The summed E-state index contributed by atoms with van der Waals surface area (Å²) in [6, 6.07) is 26.3. The summed E-state index contributed by atoms with van der Waals surface area (Å²) in [6.45, 7) is 4.64. The molecule has 0 fully saturated rings. The molecule has 3 aromatic carbocycles. The first kappa shape index (κ1) is 28.0. The predicted octanol–water partition coefficient (Wildman–Crippen LogP) is 10.5. The lowest BCUT2D eigenvalue weighted by Gasteiger charge is -2.36. The van der Waals surface area contributed by atoms with Crippen LogP contribution in [0.1, 0.15) is 70.8 Å². The van der Waals surface area contributed by atoms with E-state index in [2.05, 4.69) is 43.3 Å². The molecule has 0 saturated carbocycles.